The number of amides is 1. The molecular formula is C14H6Cl2F11NO. The average molecular weight is 484 g/mol. The zero-order valence-electron chi connectivity index (χ0n) is 13.3. The van der Waals surface area contributed by atoms with Crippen LogP contribution in [0.15, 0.2) is 18.2 Å². The van der Waals surface area contributed by atoms with Gasteiger partial charge in [0, 0.05) is 6.54 Å². The first kappa shape index (κ1) is 23.8. The monoisotopic (exact) mass is 483 g/mol. The summed E-state index contributed by atoms with van der Waals surface area (Å²) in [5, 5.41) is 0.686. The van der Waals surface area contributed by atoms with Crippen molar-refractivity contribution < 1.29 is 53.1 Å². The maximum Gasteiger partial charge on any atom is 0.384 e. The zero-order valence-corrected chi connectivity index (χ0v) is 14.8. The first-order valence-electron chi connectivity index (χ1n) is 7.11. The Labute approximate surface area is 163 Å². The van der Waals surface area contributed by atoms with E-state index in [0.717, 1.165) is 23.5 Å². The Bertz CT molecular complexity index is 813. The molecule has 29 heavy (non-hydrogen) atoms. The molecule has 0 bridgehead atoms. The van der Waals surface area contributed by atoms with Gasteiger partial charge in [-0.05, 0) is 17.7 Å². The summed E-state index contributed by atoms with van der Waals surface area (Å²) in [6.07, 6.45) is 0. The summed E-state index contributed by atoms with van der Waals surface area (Å²) in [6.45, 7) is -1.15. The van der Waals surface area contributed by atoms with E-state index in [1.54, 1.807) is 0 Å². The molecule has 0 aromatic heterocycles. The maximum absolute atomic E-state index is 14.4. The Balaban J connectivity index is 2.52. The predicted octanol–water partition coefficient (Wildman–Crippen LogP) is 5.51. The lowest BCUT2D eigenvalue weighted by atomic mass is 9.71. The van der Waals surface area contributed by atoms with Crippen molar-refractivity contribution in [3.8, 4) is 0 Å². The molecule has 0 aliphatic heterocycles. The highest BCUT2D eigenvalue weighted by atomic mass is 35.5. The van der Waals surface area contributed by atoms with Crippen LogP contribution in [0.1, 0.15) is 5.56 Å². The smallest absolute Gasteiger partial charge is 0.349 e. The number of rotatable bonds is 3. The van der Waals surface area contributed by atoms with Gasteiger partial charge < -0.3 is 5.32 Å². The van der Waals surface area contributed by atoms with E-state index in [1.165, 1.54) is 0 Å². The minimum atomic E-state index is -7.38. The fourth-order valence-corrected chi connectivity index (χ4v) is 2.78. The SMILES string of the molecule is O=C(NCc1ccc(Cl)c(Cl)c1)C1(F)C(F)(F)C(F)(F)C(F)(F)C(F)(F)C1(F)F. The summed E-state index contributed by atoms with van der Waals surface area (Å²) in [5.41, 5.74) is -6.96. The van der Waals surface area contributed by atoms with Crippen molar-refractivity contribution in [2.75, 3.05) is 0 Å². The van der Waals surface area contributed by atoms with Crippen LogP contribution in [0.4, 0.5) is 48.3 Å². The van der Waals surface area contributed by atoms with Gasteiger partial charge in [-0.3, -0.25) is 4.79 Å². The van der Waals surface area contributed by atoms with E-state index in [0.29, 0.717) is 0 Å². The first-order chi connectivity index (χ1) is 12.8. The van der Waals surface area contributed by atoms with Crippen LogP contribution in [0.5, 0.6) is 0 Å². The molecule has 1 amide bonds. The van der Waals surface area contributed by atoms with Crippen LogP contribution >= 0.6 is 23.2 Å². The van der Waals surface area contributed by atoms with Crippen molar-refractivity contribution in [3.05, 3.63) is 33.8 Å². The normalized spacial score (nSPS) is 25.3. The third kappa shape index (κ3) is 2.72. The molecule has 0 radical (unpaired) electrons. The van der Waals surface area contributed by atoms with E-state index in [9.17, 15) is 53.1 Å². The summed E-state index contributed by atoms with van der Waals surface area (Å²) in [7, 11) is 0. The van der Waals surface area contributed by atoms with E-state index >= 15 is 0 Å². The Hall–Kier alpha value is -1.50. The molecule has 0 spiro atoms. The van der Waals surface area contributed by atoms with Crippen LogP contribution in [-0.2, 0) is 11.3 Å². The van der Waals surface area contributed by atoms with Crippen LogP contribution in [0.2, 0.25) is 10.0 Å². The standard InChI is InChI=1S/C14H6Cl2F11NO/c15-6-2-1-5(3-7(6)16)4-28-8(29)9(17)10(18,19)12(22,23)14(26,27)13(24,25)11(9,20)21/h1-3H,4H2,(H,28,29). The van der Waals surface area contributed by atoms with Crippen LogP contribution in [0, 0.1) is 0 Å². The number of carbonyl (C=O) groups is 1. The van der Waals surface area contributed by atoms with Gasteiger partial charge in [-0.15, -0.1) is 0 Å². The zero-order chi connectivity index (χ0) is 22.8. The second-order valence-electron chi connectivity index (χ2n) is 5.96. The van der Waals surface area contributed by atoms with E-state index < -0.39 is 47.7 Å². The third-order valence-corrected chi connectivity index (χ3v) is 4.93. The average Bonchev–Trinajstić information content (AvgIpc) is 2.59. The summed E-state index contributed by atoms with van der Waals surface area (Å²) in [4.78, 5) is 11.6. The number of nitrogens with one attached hydrogen (secondary N) is 1. The fourth-order valence-electron chi connectivity index (χ4n) is 2.46. The molecule has 164 valence electrons. The molecule has 2 nitrogen and oxygen atoms in total. The topological polar surface area (TPSA) is 29.1 Å². The minimum Gasteiger partial charge on any atom is -0.349 e. The van der Waals surface area contributed by atoms with Crippen LogP contribution in [0.3, 0.4) is 0 Å². The molecule has 1 saturated carbocycles. The molecule has 0 saturated heterocycles. The summed E-state index contributed by atoms with van der Waals surface area (Å²) in [5.74, 6) is -39.9. The molecule has 1 aromatic rings. The Kier molecular flexibility index (Phi) is 5.33. The highest BCUT2D eigenvalue weighted by molar-refractivity contribution is 6.42. The van der Waals surface area contributed by atoms with Gasteiger partial charge in [-0.1, -0.05) is 29.3 Å². The Morgan fingerprint density at radius 2 is 1.14 bits per heavy atom. The first-order valence-corrected chi connectivity index (χ1v) is 7.86. The largest absolute Gasteiger partial charge is 0.384 e. The van der Waals surface area contributed by atoms with Crippen molar-refractivity contribution >= 4 is 29.1 Å². The van der Waals surface area contributed by atoms with E-state index in [1.807, 2.05) is 0 Å². The number of carbonyl (C=O) groups excluding carboxylic acids is 1. The molecular weight excluding hydrogens is 478 g/mol. The predicted molar refractivity (Wildman–Crippen MR) is 76.9 cm³/mol. The van der Waals surface area contributed by atoms with Gasteiger partial charge in [0.1, 0.15) is 0 Å². The van der Waals surface area contributed by atoms with Crippen LogP contribution < -0.4 is 5.32 Å². The second-order valence-corrected chi connectivity index (χ2v) is 6.78. The molecule has 1 aromatic carbocycles. The van der Waals surface area contributed by atoms with Gasteiger partial charge in [0.2, 0.25) is 0 Å². The molecule has 0 unspecified atom stereocenters. The molecule has 1 aliphatic rings. The summed E-state index contributed by atoms with van der Waals surface area (Å²) in [6, 6.07) is 2.95. The van der Waals surface area contributed by atoms with Crippen LogP contribution in [-0.4, -0.2) is 41.2 Å². The quantitative estimate of drug-likeness (QED) is 0.564. The lowest BCUT2D eigenvalue weighted by molar-refractivity contribution is -0.476. The van der Waals surface area contributed by atoms with Crippen molar-refractivity contribution in [2.24, 2.45) is 0 Å². The highest BCUT2D eigenvalue weighted by Gasteiger charge is 3.02. The lowest BCUT2D eigenvalue weighted by Gasteiger charge is -2.51. The van der Waals surface area contributed by atoms with Crippen molar-refractivity contribution in [1.82, 2.24) is 5.32 Å². The molecule has 0 heterocycles. The second kappa shape index (κ2) is 6.50. The number of halogens is 13. The lowest BCUT2D eigenvalue weighted by Crippen LogP contribution is -2.86. The van der Waals surface area contributed by atoms with Crippen LogP contribution in [0.25, 0.3) is 0 Å². The number of benzene rings is 1. The molecule has 1 aliphatic carbocycles. The van der Waals surface area contributed by atoms with E-state index in [-0.39, 0.29) is 15.6 Å². The molecule has 15 heteroatoms. The van der Waals surface area contributed by atoms with E-state index in [2.05, 4.69) is 0 Å². The summed E-state index contributed by atoms with van der Waals surface area (Å²) >= 11 is 11.1. The van der Waals surface area contributed by atoms with Crippen molar-refractivity contribution in [2.45, 2.75) is 41.8 Å². The summed E-state index contributed by atoms with van der Waals surface area (Å²) < 4.78 is 149. The van der Waals surface area contributed by atoms with Gasteiger partial charge in [0.15, 0.2) is 0 Å². The molecule has 0 atom stereocenters. The van der Waals surface area contributed by atoms with Gasteiger partial charge >= 0.3 is 35.3 Å². The van der Waals surface area contributed by atoms with Crippen molar-refractivity contribution in [3.63, 3.8) is 0 Å². The molecule has 1 N–H and O–H groups in total. The third-order valence-electron chi connectivity index (χ3n) is 4.19. The van der Waals surface area contributed by atoms with E-state index in [4.69, 9.17) is 23.2 Å². The Morgan fingerprint density at radius 3 is 1.55 bits per heavy atom. The number of alkyl halides is 11. The van der Waals surface area contributed by atoms with Gasteiger partial charge in [0.05, 0.1) is 10.0 Å². The van der Waals surface area contributed by atoms with Gasteiger partial charge in [-0.25, -0.2) is 4.39 Å². The number of hydrogen-bond acceptors (Lipinski definition) is 1. The van der Waals surface area contributed by atoms with Gasteiger partial charge in [0.25, 0.3) is 5.91 Å². The van der Waals surface area contributed by atoms with Gasteiger partial charge in [-0.2, -0.15) is 43.9 Å². The Morgan fingerprint density at radius 1 is 0.724 bits per heavy atom. The fraction of sp³-hybridized carbons (Fsp3) is 0.500. The highest BCUT2D eigenvalue weighted by Crippen LogP contribution is 2.69. The molecule has 2 rings (SSSR count). The molecule has 1 fully saturated rings. The maximum atomic E-state index is 14.4. The number of hydrogen-bond donors (Lipinski definition) is 1. The minimum absolute atomic E-state index is 0.0735. The van der Waals surface area contributed by atoms with Crippen molar-refractivity contribution in [1.29, 1.82) is 0 Å².